The molecule has 0 aliphatic carbocycles. The Hall–Kier alpha value is -0.740. The summed E-state index contributed by atoms with van der Waals surface area (Å²) in [7, 11) is 0. The minimum absolute atomic E-state index is 0.00776. The lowest BCUT2D eigenvalue weighted by atomic mass is 9.88. The van der Waals surface area contributed by atoms with Gasteiger partial charge in [0.1, 0.15) is 5.75 Å². The molecule has 1 rings (SSSR count). The summed E-state index contributed by atoms with van der Waals surface area (Å²) < 4.78 is 0.761. The lowest BCUT2D eigenvalue weighted by molar-refractivity contribution is 0.0932. The van der Waals surface area contributed by atoms with Crippen molar-refractivity contribution in [3.63, 3.8) is 0 Å². The van der Waals surface area contributed by atoms with E-state index in [4.69, 9.17) is 11.6 Å². The highest BCUT2D eigenvalue weighted by molar-refractivity contribution is 9.10. The van der Waals surface area contributed by atoms with Crippen molar-refractivity contribution in [2.45, 2.75) is 26.7 Å². The topological polar surface area (TPSA) is 49.3 Å². The molecule has 1 aromatic carbocycles. The Morgan fingerprint density at radius 3 is 2.79 bits per heavy atom. The maximum atomic E-state index is 12.0. The van der Waals surface area contributed by atoms with Crippen LogP contribution in [-0.4, -0.2) is 23.4 Å². The lowest BCUT2D eigenvalue weighted by Crippen LogP contribution is -2.34. The van der Waals surface area contributed by atoms with Crippen LogP contribution in [0.3, 0.4) is 0 Å². The van der Waals surface area contributed by atoms with Gasteiger partial charge in [-0.2, -0.15) is 0 Å². The third-order valence-corrected chi connectivity index (χ3v) is 3.68. The van der Waals surface area contributed by atoms with E-state index in [1.807, 2.05) is 0 Å². The number of carbonyl (C=O) groups excluding carboxylic acids is 1. The van der Waals surface area contributed by atoms with Crippen LogP contribution in [0.2, 0.25) is 0 Å². The Morgan fingerprint density at radius 2 is 2.16 bits per heavy atom. The highest BCUT2D eigenvalue weighted by Gasteiger charge is 2.19. The highest BCUT2D eigenvalue weighted by Crippen LogP contribution is 2.24. The number of nitrogens with one attached hydrogen (secondary N) is 1. The summed E-state index contributed by atoms with van der Waals surface area (Å²) in [5.74, 6) is 0.348. The first kappa shape index (κ1) is 16.3. The van der Waals surface area contributed by atoms with E-state index in [1.165, 1.54) is 6.07 Å². The van der Waals surface area contributed by atoms with Crippen LogP contribution in [0, 0.1) is 5.41 Å². The number of carbonyl (C=O) groups is 1. The Labute approximate surface area is 127 Å². The summed E-state index contributed by atoms with van der Waals surface area (Å²) in [4.78, 5) is 12.0. The van der Waals surface area contributed by atoms with Crippen molar-refractivity contribution in [3.8, 4) is 5.75 Å². The van der Waals surface area contributed by atoms with Gasteiger partial charge in [0, 0.05) is 16.9 Å². The Kier molecular flexibility index (Phi) is 6.14. The van der Waals surface area contributed by atoms with Gasteiger partial charge in [-0.05, 0) is 36.5 Å². The normalized spacial score (nSPS) is 11.4. The number of halogens is 2. The number of alkyl halides is 1. The van der Waals surface area contributed by atoms with Crippen LogP contribution in [0.1, 0.15) is 37.0 Å². The van der Waals surface area contributed by atoms with Gasteiger partial charge in [-0.1, -0.05) is 29.8 Å². The smallest absolute Gasteiger partial charge is 0.255 e. The summed E-state index contributed by atoms with van der Waals surface area (Å²) in [5.41, 5.74) is 0.272. The maximum absolute atomic E-state index is 12.0. The lowest BCUT2D eigenvalue weighted by Gasteiger charge is -2.24. The van der Waals surface area contributed by atoms with Gasteiger partial charge in [0.25, 0.3) is 5.91 Å². The number of hydrogen-bond acceptors (Lipinski definition) is 2. The number of hydrogen-bond donors (Lipinski definition) is 2. The van der Waals surface area contributed by atoms with Crippen LogP contribution >= 0.6 is 27.5 Å². The van der Waals surface area contributed by atoms with E-state index in [0.29, 0.717) is 12.4 Å². The van der Waals surface area contributed by atoms with Gasteiger partial charge in [0.15, 0.2) is 0 Å². The fourth-order valence-corrected chi connectivity index (χ4v) is 2.23. The van der Waals surface area contributed by atoms with Crippen molar-refractivity contribution >= 4 is 33.4 Å². The van der Waals surface area contributed by atoms with Crippen LogP contribution in [0.25, 0.3) is 0 Å². The molecular weight excluding hydrogens is 330 g/mol. The third kappa shape index (κ3) is 5.41. The molecule has 0 fully saturated rings. The molecule has 106 valence electrons. The first-order chi connectivity index (χ1) is 8.85. The molecule has 1 aromatic rings. The Balaban J connectivity index is 2.62. The SMILES string of the molecule is CC(C)(CCCCl)CNC(=O)c1cc(Br)ccc1O. The second-order valence-corrected chi connectivity index (χ2v) is 6.59. The van der Waals surface area contributed by atoms with Crippen molar-refractivity contribution in [2.75, 3.05) is 12.4 Å². The van der Waals surface area contributed by atoms with Gasteiger partial charge in [-0.25, -0.2) is 0 Å². The van der Waals surface area contributed by atoms with Gasteiger partial charge < -0.3 is 10.4 Å². The third-order valence-electron chi connectivity index (χ3n) is 2.92. The first-order valence-electron chi connectivity index (χ1n) is 6.18. The van der Waals surface area contributed by atoms with E-state index in [2.05, 4.69) is 35.1 Å². The summed E-state index contributed by atoms with van der Waals surface area (Å²) in [5, 5.41) is 12.5. The molecule has 2 N–H and O–H groups in total. The molecular formula is C14H19BrClNO2. The fraction of sp³-hybridized carbons (Fsp3) is 0.500. The Bertz CT molecular complexity index is 449. The molecule has 0 bridgehead atoms. The quantitative estimate of drug-likeness (QED) is 0.765. The molecule has 0 spiro atoms. The number of phenols is 1. The van der Waals surface area contributed by atoms with Crippen molar-refractivity contribution in [1.82, 2.24) is 5.32 Å². The molecule has 19 heavy (non-hydrogen) atoms. The van der Waals surface area contributed by atoms with Crippen LogP contribution in [0.15, 0.2) is 22.7 Å². The predicted octanol–water partition coefficient (Wildman–Crippen LogP) is 3.93. The van der Waals surface area contributed by atoms with E-state index in [1.54, 1.807) is 12.1 Å². The molecule has 1 amide bonds. The van der Waals surface area contributed by atoms with Crippen molar-refractivity contribution in [3.05, 3.63) is 28.2 Å². The minimum atomic E-state index is -0.266. The van der Waals surface area contributed by atoms with Crippen molar-refractivity contribution < 1.29 is 9.90 Å². The number of rotatable bonds is 6. The summed E-state index contributed by atoms with van der Waals surface area (Å²) >= 11 is 8.96. The molecule has 0 saturated carbocycles. The molecule has 0 aromatic heterocycles. The van der Waals surface area contributed by atoms with Crippen molar-refractivity contribution in [1.29, 1.82) is 0 Å². The summed E-state index contributed by atoms with van der Waals surface area (Å²) in [6.07, 6.45) is 1.87. The summed E-state index contributed by atoms with van der Waals surface area (Å²) in [6, 6.07) is 4.80. The van der Waals surface area contributed by atoms with Crippen LogP contribution in [0.5, 0.6) is 5.75 Å². The van der Waals surface area contributed by atoms with E-state index in [9.17, 15) is 9.90 Å². The molecule has 0 saturated heterocycles. The van der Waals surface area contributed by atoms with Gasteiger partial charge >= 0.3 is 0 Å². The number of phenolic OH excluding ortho intramolecular Hbond substituents is 1. The molecule has 0 atom stereocenters. The van der Waals surface area contributed by atoms with Crippen LogP contribution in [-0.2, 0) is 0 Å². The molecule has 0 radical (unpaired) electrons. The monoisotopic (exact) mass is 347 g/mol. The second kappa shape index (κ2) is 7.15. The highest BCUT2D eigenvalue weighted by atomic mass is 79.9. The second-order valence-electron chi connectivity index (χ2n) is 5.30. The zero-order chi connectivity index (χ0) is 14.5. The van der Waals surface area contributed by atoms with Gasteiger partial charge in [0.05, 0.1) is 5.56 Å². The van der Waals surface area contributed by atoms with Gasteiger partial charge in [-0.15, -0.1) is 11.6 Å². The van der Waals surface area contributed by atoms with Gasteiger partial charge in [0.2, 0.25) is 0 Å². The van der Waals surface area contributed by atoms with Crippen LogP contribution < -0.4 is 5.32 Å². The van der Waals surface area contributed by atoms with Gasteiger partial charge in [-0.3, -0.25) is 4.79 Å². The zero-order valence-corrected chi connectivity index (χ0v) is 13.5. The first-order valence-corrected chi connectivity index (χ1v) is 7.51. The number of amides is 1. The zero-order valence-electron chi connectivity index (χ0n) is 11.2. The largest absolute Gasteiger partial charge is 0.507 e. The molecule has 3 nitrogen and oxygen atoms in total. The average Bonchev–Trinajstić information content (AvgIpc) is 2.36. The molecule has 0 heterocycles. The predicted molar refractivity (Wildman–Crippen MR) is 81.9 cm³/mol. The number of benzene rings is 1. The van der Waals surface area contributed by atoms with E-state index in [0.717, 1.165) is 17.3 Å². The number of aromatic hydroxyl groups is 1. The standard InChI is InChI=1S/C14H19BrClNO2/c1-14(2,6-3-7-16)9-17-13(19)11-8-10(15)4-5-12(11)18/h4-5,8,18H,3,6-7,9H2,1-2H3,(H,17,19). The minimum Gasteiger partial charge on any atom is -0.507 e. The molecule has 5 heteroatoms. The maximum Gasteiger partial charge on any atom is 0.255 e. The fourth-order valence-electron chi connectivity index (χ4n) is 1.74. The summed E-state index contributed by atoms with van der Waals surface area (Å²) in [6.45, 7) is 4.72. The van der Waals surface area contributed by atoms with E-state index >= 15 is 0 Å². The van der Waals surface area contributed by atoms with Crippen LogP contribution in [0.4, 0.5) is 0 Å². The molecule has 0 aliphatic heterocycles. The van der Waals surface area contributed by atoms with Crippen molar-refractivity contribution in [2.24, 2.45) is 5.41 Å². The molecule has 0 unspecified atom stereocenters. The molecule has 0 aliphatic rings. The van der Waals surface area contributed by atoms with E-state index < -0.39 is 0 Å². The Morgan fingerprint density at radius 1 is 1.47 bits per heavy atom. The van der Waals surface area contributed by atoms with E-state index in [-0.39, 0.29) is 22.6 Å². The average molecular weight is 349 g/mol.